The number of para-hydroxylation sites is 1. The van der Waals surface area contributed by atoms with E-state index in [1.54, 1.807) is 0 Å². The molecular formula is C21H28N4O3. The zero-order chi connectivity index (χ0) is 19.2. The minimum Gasteiger partial charge on any atom is -0.484 e. The van der Waals surface area contributed by atoms with Crippen LogP contribution in [0, 0.1) is 0 Å². The van der Waals surface area contributed by atoms with Crippen molar-refractivity contribution in [3.63, 3.8) is 0 Å². The number of aromatic nitrogens is 2. The van der Waals surface area contributed by atoms with Crippen LogP contribution in [0.15, 0.2) is 34.7 Å². The van der Waals surface area contributed by atoms with Crippen molar-refractivity contribution in [3.8, 4) is 5.75 Å². The number of rotatable bonds is 5. The van der Waals surface area contributed by atoms with E-state index >= 15 is 0 Å². The summed E-state index contributed by atoms with van der Waals surface area (Å²) in [7, 11) is 0. The number of urea groups is 1. The zero-order valence-corrected chi connectivity index (χ0v) is 16.2. The van der Waals surface area contributed by atoms with Crippen LogP contribution in [0.5, 0.6) is 5.75 Å². The van der Waals surface area contributed by atoms with Gasteiger partial charge < -0.3 is 19.4 Å². The number of amides is 2. The molecule has 1 N–H and O–H groups in total. The van der Waals surface area contributed by atoms with Gasteiger partial charge in [-0.2, -0.15) is 0 Å². The molecule has 2 aliphatic rings. The summed E-state index contributed by atoms with van der Waals surface area (Å²) in [6, 6.07) is 9.93. The lowest BCUT2D eigenvalue weighted by Crippen LogP contribution is -2.48. The Balaban J connectivity index is 1.30. The number of nitrogens with zero attached hydrogens (tertiary/aromatic N) is 3. The van der Waals surface area contributed by atoms with Gasteiger partial charge in [-0.05, 0) is 37.8 Å². The third-order valence-corrected chi connectivity index (χ3v) is 5.58. The molecule has 1 aliphatic carbocycles. The quantitative estimate of drug-likeness (QED) is 0.846. The molecule has 1 aromatic heterocycles. The Bertz CT molecular complexity index is 758. The second kappa shape index (κ2) is 9.08. The van der Waals surface area contributed by atoms with Crippen LogP contribution in [0.4, 0.5) is 4.79 Å². The van der Waals surface area contributed by atoms with Crippen molar-refractivity contribution >= 4 is 6.03 Å². The molecule has 1 aliphatic heterocycles. The highest BCUT2D eigenvalue weighted by Crippen LogP contribution is 2.27. The number of benzene rings is 1. The van der Waals surface area contributed by atoms with Gasteiger partial charge in [0.2, 0.25) is 5.89 Å². The van der Waals surface area contributed by atoms with Crippen molar-refractivity contribution in [1.29, 1.82) is 0 Å². The highest BCUT2D eigenvalue weighted by molar-refractivity contribution is 5.74. The Morgan fingerprint density at radius 3 is 2.75 bits per heavy atom. The molecule has 1 atom stereocenters. The van der Waals surface area contributed by atoms with Gasteiger partial charge in [-0.3, -0.25) is 0 Å². The molecule has 2 aromatic rings. The Labute approximate surface area is 165 Å². The molecule has 2 fully saturated rings. The summed E-state index contributed by atoms with van der Waals surface area (Å²) in [4.78, 5) is 14.5. The smallest absolute Gasteiger partial charge is 0.317 e. The van der Waals surface area contributed by atoms with E-state index in [-0.39, 0.29) is 18.6 Å². The largest absolute Gasteiger partial charge is 0.484 e. The fourth-order valence-electron chi connectivity index (χ4n) is 4.03. The Morgan fingerprint density at radius 2 is 1.93 bits per heavy atom. The van der Waals surface area contributed by atoms with Crippen LogP contribution in [0.1, 0.15) is 62.6 Å². The van der Waals surface area contributed by atoms with Crippen LogP contribution < -0.4 is 10.1 Å². The van der Waals surface area contributed by atoms with E-state index in [0.717, 1.165) is 38.0 Å². The van der Waals surface area contributed by atoms with Gasteiger partial charge in [0.15, 0.2) is 6.61 Å². The van der Waals surface area contributed by atoms with Crippen molar-refractivity contribution in [3.05, 3.63) is 42.1 Å². The molecule has 2 heterocycles. The molecule has 1 saturated carbocycles. The van der Waals surface area contributed by atoms with Crippen molar-refractivity contribution in [2.24, 2.45) is 0 Å². The van der Waals surface area contributed by atoms with Gasteiger partial charge in [0.05, 0.1) is 5.92 Å². The summed E-state index contributed by atoms with van der Waals surface area (Å²) in [6.45, 7) is 1.66. The van der Waals surface area contributed by atoms with Crippen LogP contribution in [-0.4, -0.2) is 40.3 Å². The third-order valence-electron chi connectivity index (χ3n) is 5.58. The standard InChI is InChI=1S/C21H28N4O3/c26-21(22-17-9-3-1-4-10-17)25-13-7-8-16(14-25)20-24-23-19(28-20)15-27-18-11-5-2-6-12-18/h2,5-6,11-12,16-17H,1,3-4,7-10,13-15H2,(H,22,26). The predicted octanol–water partition coefficient (Wildman–Crippen LogP) is 3.87. The van der Waals surface area contributed by atoms with E-state index < -0.39 is 0 Å². The summed E-state index contributed by atoms with van der Waals surface area (Å²) in [5.41, 5.74) is 0. The number of carbonyl (C=O) groups excluding carboxylic acids is 1. The number of hydrogen-bond donors (Lipinski definition) is 1. The minimum absolute atomic E-state index is 0.0451. The van der Waals surface area contributed by atoms with Gasteiger partial charge in [0, 0.05) is 19.1 Å². The number of hydrogen-bond acceptors (Lipinski definition) is 5. The number of nitrogens with one attached hydrogen (secondary N) is 1. The molecule has 1 unspecified atom stereocenters. The number of carbonyl (C=O) groups is 1. The topological polar surface area (TPSA) is 80.5 Å². The summed E-state index contributed by atoms with van der Waals surface area (Å²) < 4.78 is 11.5. The molecule has 4 rings (SSSR count). The Hall–Kier alpha value is -2.57. The first-order valence-corrected chi connectivity index (χ1v) is 10.3. The average molecular weight is 384 g/mol. The number of ether oxygens (including phenoxy) is 1. The highest BCUT2D eigenvalue weighted by atomic mass is 16.5. The van der Waals surface area contributed by atoms with E-state index in [2.05, 4.69) is 15.5 Å². The van der Waals surface area contributed by atoms with E-state index in [0.29, 0.717) is 24.4 Å². The second-order valence-corrected chi connectivity index (χ2v) is 7.71. The van der Waals surface area contributed by atoms with Crippen molar-refractivity contribution in [1.82, 2.24) is 20.4 Å². The molecule has 1 saturated heterocycles. The second-order valence-electron chi connectivity index (χ2n) is 7.71. The Morgan fingerprint density at radius 1 is 1.11 bits per heavy atom. The molecule has 2 amide bonds. The van der Waals surface area contributed by atoms with E-state index in [1.807, 2.05) is 35.2 Å². The molecule has 1 aromatic carbocycles. The maximum Gasteiger partial charge on any atom is 0.317 e. The molecule has 0 spiro atoms. The molecule has 0 radical (unpaired) electrons. The summed E-state index contributed by atoms with van der Waals surface area (Å²) in [5.74, 6) is 1.92. The van der Waals surface area contributed by atoms with Crippen molar-refractivity contribution < 1.29 is 13.9 Å². The Kier molecular flexibility index (Phi) is 6.09. The van der Waals surface area contributed by atoms with E-state index in [9.17, 15) is 4.79 Å². The van der Waals surface area contributed by atoms with Crippen LogP contribution in [0.2, 0.25) is 0 Å². The zero-order valence-electron chi connectivity index (χ0n) is 16.2. The molecule has 7 nitrogen and oxygen atoms in total. The number of likely N-dealkylation sites (tertiary alicyclic amines) is 1. The molecular weight excluding hydrogens is 356 g/mol. The van der Waals surface area contributed by atoms with E-state index in [1.165, 1.54) is 19.3 Å². The first-order chi connectivity index (χ1) is 13.8. The summed E-state index contributed by atoms with van der Waals surface area (Å²) in [6.07, 6.45) is 7.79. The first-order valence-electron chi connectivity index (χ1n) is 10.3. The van der Waals surface area contributed by atoms with Crippen LogP contribution in [0.25, 0.3) is 0 Å². The highest BCUT2D eigenvalue weighted by Gasteiger charge is 2.29. The molecule has 0 bridgehead atoms. The lowest BCUT2D eigenvalue weighted by atomic mass is 9.95. The monoisotopic (exact) mass is 384 g/mol. The van der Waals surface area contributed by atoms with Gasteiger partial charge in [0.1, 0.15) is 5.75 Å². The van der Waals surface area contributed by atoms with E-state index in [4.69, 9.17) is 9.15 Å². The minimum atomic E-state index is 0.0451. The summed E-state index contributed by atoms with van der Waals surface area (Å²) in [5, 5.41) is 11.5. The lowest BCUT2D eigenvalue weighted by Gasteiger charge is -2.33. The van der Waals surface area contributed by atoms with Gasteiger partial charge in [-0.25, -0.2) is 4.79 Å². The molecule has 150 valence electrons. The molecule has 7 heteroatoms. The normalized spacial score (nSPS) is 20.7. The third kappa shape index (κ3) is 4.82. The maximum atomic E-state index is 12.6. The van der Waals surface area contributed by atoms with Crippen molar-refractivity contribution in [2.75, 3.05) is 13.1 Å². The summed E-state index contributed by atoms with van der Waals surface area (Å²) >= 11 is 0. The van der Waals surface area contributed by atoms with Gasteiger partial charge in [0.25, 0.3) is 5.89 Å². The van der Waals surface area contributed by atoms with Crippen LogP contribution >= 0.6 is 0 Å². The fraction of sp³-hybridized carbons (Fsp3) is 0.571. The van der Waals surface area contributed by atoms with Crippen LogP contribution in [-0.2, 0) is 6.61 Å². The number of piperidine rings is 1. The average Bonchev–Trinajstić information content (AvgIpc) is 3.23. The maximum absolute atomic E-state index is 12.6. The first kappa shape index (κ1) is 18.8. The van der Waals surface area contributed by atoms with Crippen molar-refractivity contribution in [2.45, 2.75) is 63.5 Å². The lowest BCUT2D eigenvalue weighted by molar-refractivity contribution is 0.166. The van der Waals surface area contributed by atoms with Gasteiger partial charge >= 0.3 is 6.03 Å². The van der Waals surface area contributed by atoms with Gasteiger partial charge in [-0.1, -0.05) is 37.5 Å². The molecule has 28 heavy (non-hydrogen) atoms. The van der Waals surface area contributed by atoms with Crippen LogP contribution in [0.3, 0.4) is 0 Å². The SMILES string of the molecule is O=C(NC1CCCCC1)N1CCCC(c2nnc(COc3ccccc3)o2)C1. The fourth-order valence-corrected chi connectivity index (χ4v) is 4.03. The van der Waals surface area contributed by atoms with Gasteiger partial charge in [-0.15, -0.1) is 10.2 Å². The predicted molar refractivity (Wildman–Crippen MR) is 104 cm³/mol.